The molecule has 0 saturated carbocycles. The van der Waals surface area contributed by atoms with Gasteiger partial charge in [-0.1, -0.05) is 44.0 Å². The van der Waals surface area contributed by atoms with E-state index < -0.39 is 0 Å². The number of nitrogens with zero attached hydrogens (tertiary/aromatic N) is 3. The minimum absolute atomic E-state index is 0.312. The molecule has 1 aromatic carbocycles. The third-order valence-electron chi connectivity index (χ3n) is 7.77. The van der Waals surface area contributed by atoms with Gasteiger partial charge in [0.15, 0.2) is 5.82 Å². The van der Waals surface area contributed by atoms with Crippen molar-refractivity contribution < 1.29 is 4.39 Å². The lowest BCUT2D eigenvalue weighted by Gasteiger charge is -2.24. The van der Waals surface area contributed by atoms with Crippen LogP contribution >= 0.6 is 0 Å². The molecule has 3 aromatic heterocycles. The van der Waals surface area contributed by atoms with Crippen molar-refractivity contribution in [2.24, 2.45) is 5.92 Å². The van der Waals surface area contributed by atoms with Crippen LogP contribution in [0.25, 0.3) is 46.3 Å². The van der Waals surface area contributed by atoms with E-state index in [1.165, 1.54) is 25.0 Å². The van der Waals surface area contributed by atoms with E-state index in [2.05, 4.69) is 69.6 Å². The number of halogens is 1. The smallest absolute Gasteiger partial charge is 0.159 e. The number of aromatic amines is 2. The maximum absolute atomic E-state index is 13.9. The number of rotatable bonds is 10. The van der Waals surface area contributed by atoms with Gasteiger partial charge in [0.05, 0.1) is 22.6 Å². The molecular weight excluding hydrogens is 537 g/mol. The summed E-state index contributed by atoms with van der Waals surface area (Å²) in [5.41, 5.74) is 7.53. The first-order valence-corrected chi connectivity index (χ1v) is 14.5. The molecule has 220 valence electrons. The van der Waals surface area contributed by atoms with Gasteiger partial charge in [-0.2, -0.15) is 5.10 Å². The maximum Gasteiger partial charge on any atom is 0.159 e. The largest absolute Gasteiger partial charge is 0.359 e. The SMILES string of the molecule is C=C\C(=C/C(=C\C)C(/C)=C/C=c1/[nH]nc(-c2nc3c(-c4cccc(F)c4)cncc3[nH]2)c1=C)NC(=C)CC1CCNCC1. The molecule has 0 bridgehead atoms. The summed E-state index contributed by atoms with van der Waals surface area (Å²) in [5.74, 6) is 0.908. The van der Waals surface area contributed by atoms with E-state index in [1.807, 2.05) is 31.2 Å². The molecule has 4 aromatic rings. The first-order valence-electron chi connectivity index (χ1n) is 14.5. The van der Waals surface area contributed by atoms with Gasteiger partial charge in [-0.25, -0.2) is 9.37 Å². The molecule has 0 amide bonds. The predicted molar refractivity (Wildman–Crippen MR) is 174 cm³/mol. The van der Waals surface area contributed by atoms with E-state index in [1.54, 1.807) is 18.5 Å². The van der Waals surface area contributed by atoms with Gasteiger partial charge in [0.1, 0.15) is 11.5 Å². The summed E-state index contributed by atoms with van der Waals surface area (Å²) >= 11 is 0. The molecule has 43 heavy (non-hydrogen) atoms. The molecule has 0 aliphatic carbocycles. The van der Waals surface area contributed by atoms with Crippen LogP contribution < -0.4 is 21.2 Å². The summed E-state index contributed by atoms with van der Waals surface area (Å²) in [6.45, 7) is 18.8. The van der Waals surface area contributed by atoms with Crippen LogP contribution in [-0.4, -0.2) is 38.2 Å². The number of H-pyrrole nitrogens is 2. The van der Waals surface area contributed by atoms with Crippen molar-refractivity contribution in [1.82, 2.24) is 35.8 Å². The summed E-state index contributed by atoms with van der Waals surface area (Å²) in [5, 5.41) is 15.9. The van der Waals surface area contributed by atoms with Gasteiger partial charge in [0.2, 0.25) is 0 Å². The second-order valence-electron chi connectivity index (χ2n) is 10.8. The number of nitrogens with one attached hydrogen (secondary N) is 4. The summed E-state index contributed by atoms with van der Waals surface area (Å²) in [4.78, 5) is 12.4. The van der Waals surface area contributed by atoms with Crippen LogP contribution in [0.2, 0.25) is 0 Å². The molecule has 0 unspecified atom stereocenters. The Morgan fingerprint density at radius 3 is 2.77 bits per heavy atom. The lowest BCUT2D eigenvalue weighted by Crippen LogP contribution is -2.28. The number of hydrogen-bond donors (Lipinski definition) is 4. The average Bonchev–Trinajstić information content (AvgIpc) is 3.61. The molecule has 1 aliphatic rings. The minimum Gasteiger partial charge on any atom is -0.359 e. The van der Waals surface area contributed by atoms with E-state index >= 15 is 0 Å². The van der Waals surface area contributed by atoms with E-state index in [-0.39, 0.29) is 5.82 Å². The lowest BCUT2D eigenvalue weighted by molar-refractivity contribution is 0.368. The Labute approximate surface area is 251 Å². The van der Waals surface area contributed by atoms with Gasteiger partial charge < -0.3 is 15.6 Å². The van der Waals surface area contributed by atoms with Crippen molar-refractivity contribution in [2.75, 3.05) is 13.1 Å². The molecule has 4 heterocycles. The number of benzene rings is 1. The molecule has 5 rings (SSSR count). The highest BCUT2D eigenvalue weighted by Gasteiger charge is 2.15. The molecule has 7 nitrogen and oxygen atoms in total. The highest BCUT2D eigenvalue weighted by atomic mass is 19.1. The topological polar surface area (TPSA) is 94.3 Å². The summed E-state index contributed by atoms with van der Waals surface area (Å²) in [6, 6.07) is 6.40. The number of pyridine rings is 1. The zero-order chi connectivity index (χ0) is 30.3. The number of fused-ring (bicyclic) bond motifs is 1. The van der Waals surface area contributed by atoms with Crippen LogP contribution in [0.3, 0.4) is 0 Å². The van der Waals surface area contributed by atoms with Crippen LogP contribution in [-0.2, 0) is 0 Å². The minimum atomic E-state index is -0.312. The predicted octanol–water partition coefficient (Wildman–Crippen LogP) is 5.80. The molecule has 1 fully saturated rings. The highest BCUT2D eigenvalue weighted by Crippen LogP contribution is 2.28. The van der Waals surface area contributed by atoms with Crippen molar-refractivity contribution in [2.45, 2.75) is 33.1 Å². The van der Waals surface area contributed by atoms with Gasteiger partial charge in [0, 0.05) is 28.4 Å². The third kappa shape index (κ3) is 6.98. The van der Waals surface area contributed by atoms with Crippen molar-refractivity contribution in [3.05, 3.63) is 113 Å². The Morgan fingerprint density at radius 2 is 2.02 bits per heavy atom. The number of aromatic nitrogens is 5. The first-order chi connectivity index (χ1) is 20.9. The van der Waals surface area contributed by atoms with Gasteiger partial charge in [-0.05, 0) is 99.2 Å². The zero-order valence-corrected chi connectivity index (χ0v) is 24.8. The number of allylic oxidation sites excluding steroid dienone is 7. The van der Waals surface area contributed by atoms with E-state index in [9.17, 15) is 4.39 Å². The molecule has 0 radical (unpaired) electrons. The van der Waals surface area contributed by atoms with Crippen LogP contribution in [0.1, 0.15) is 33.1 Å². The summed E-state index contributed by atoms with van der Waals surface area (Å²) < 4.78 is 13.9. The quantitative estimate of drug-likeness (QED) is 0.179. The normalized spacial score (nSPS) is 15.7. The Kier molecular flexibility index (Phi) is 9.27. The molecule has 4 N–H and O–H groups in total. The van der Waals surface area contributed by atoms with Crippen LogP contribution in [0.15, 0.2) is 96.7 Å². The highest BCUT2D eigenvalue weighted by molar-refractivity contribution is 5.92. The van der Waals surface area contributed by atoms with Crippen LogP contribution in [0, 0.1) is 11.7 Å². The summed E-state index contributed by atoms with van der Waals surface area (Å²) in [6.07, 6.45) is 16.7. The molecule has 0 spiro atoms. The number of hydrogen-bond acceptors (Lipinski definition) is 5. The zero-order valence-electron chi connectivity index (χ0n) is 24.8. The molecule has 1 aliphatic heterocycles. The van der Waals surface area contributed by atoms with Crippen LogP contribution in [0.5, 0.6) is 0 Å². The third-order valence-corrected chi connectivity index (χ3v) is 7.77. The Hall–Kier alpha value is -4.82. The Morgan fingerprint density at radius 1 is 1.21 bits per heavy atom. The van der Waals surface area contributed by atoms with Crippen molar-refractivity contribution in [3.8, 4) is 22.6 Å². The molecule has 1 saturated heterocycles. The van der Waals surface area contributed by atoms with Gasteiger partial charge >= 0.3 is 0 Å². The average molecular weight is 576 g/mol. The van der Waals surface area contributed by atoms with E-state index in [0.29, 0.717) is 33.7 Å². The second-order valence-corrected chi connectivity index (χ2v) is 10.8. The van der Waals surface area contributed by atoms with E-state index in [0.717, 1.165) is 58.5 Å². The number of piperidine rings is 1. The fourth-order valence-corrected chi connectivity index (χ4v) is 5.36. The van der Waals surface area contributed by atoms with Gasteiger partial charge in [0.25, 0.3) is 0 Å². The maximum atomic E-state index is 13.9. The fraction of sp³-hybridized carbons (Fsp3) is 0.229. The number of imidazole rings is 1. The standard InChI is InChI=1S/C35H38FN7/c1-6-26(19-29(7-2)39-23(4)17-25-13-15-37-16-14-25)22(3)11-12-31-24(5)33(43-42-31)35-40-32-21-38-20-30(34(32)41-35)27-9-8-10-28(36)18-27/h6-12,18-21,25,37,39,42H,2,4-5,13-17H2,1,3H3,(H,40,41)/b22-11+,26-6+,29-19+,31-12+. The monoisotopic (exact) mass is 575 g/mol. The molecule has 8 heteroatoms. The van der Waals surface area contributed by atoms with Crippen molar-refractivity contribution >= 4 is 23.7 Å². The second kappa shape index (κ2) is 13.4. The molecule has 0 atom stereocenters. The first kappa shape index (κ1) is 29.7. The fourth-order valence-electron chi connectivity index (χ4n) is 5.36. The van der Waals surface area contributed by atoms with Gasteiger partial charge in [-0.3, -0.25) is 10.1 Å². The lowest BCUT2D eigenvalue weighted by atomic mass is 9.93. The Bertz CT molecular complexity index is 1850. The van der Waals surface area contributed by atoms with Crippen molar-refractivity contribution in [3.63, 3.8) is 0 Å². The molecular formula is C35H38FN7. The van der Waals surface area contributed by atoms with E-state index in [4.69, 9.17) is 4.98 Å². The summed E-state index contributed by atoms with van der Waals surface area (Å²) in [7, 11) is 0. The van der Waals surface area contributed by atoms with Gasteiger partial charge in [-0.15, -0.1) is 0 Å². The van der Waals surface area contributed by atoms with Crippen LogP contribution in [0.4, 0.5) is 4.39 Å². The Balaban J connectivity index is 1.36. The van der Waals surface area contributed by atoms with Crippen molar-refractivity contribution in [1.29, 1.82) is 0 Å².